The van der Waals surface area contributed by atoms with Crippen LogP contribution in [-0.2, 0) is 17.5 Å². The van der Waals surface area contributed by atoms with Crippen LogP contribution in [0.25, 0.3) is 10.9 Å². The van der Waals surface area contributed by atoms with Crippen LogP contribution in [-0.4, -0.2) is 22.2 Å². The first kappa shape index (κ1) is 27.3. The van der Waals surface area contributed by atoms with E-state index in [1.165, 1.54) is 48.7 Å². The van der Waals surface area contributed by atoms with Gasteiger partial charge in [-0.2, -0.15) is 13.2 Å². The number of rotatable bonds is 7. The molecular formula is C31H21F4N3O3. The molecule has 0 aliphatic heterocycles. The molecule has 0 saturated carbocycles. The first-order valence-corrected chi connectivity index (χ1v) is 12.4. The standard InChI is InChI=1S/C31H21F4N3O3/c32-21-12-14-22(15-13-21)36-29(40)24-9-1-3-10-26(24)37-30(41)28(39)25-18-38(27-11-4-2-8-23(25)27)17-19-6-5-7-20(16-19)31(33,34)35/h1-16,18H,17H2,(H,36,40)(H,37,41). The highest BCUT2D eigenvalue weighted by Gasteiger charge is 2.30. The maximum absolute atomic E-state index is 13.3. The van der Waals surface area contributed by atoms with Crippen molar-refractivity contribution in [2.45, 2.75) is 12.7 Å². The van der Waals surface area contributed by atoms with Gasteiger partial charge in [0.2, 0.25) is 0 Å². The number of alkyl halides is 3. The summed E-state index contributed by atoms with van der Waals surface area (Å²) in [6.45, 7) is 0.0335. The average molecular weight is 560 g/mol. The lowest BCUT2D eigenvalue weighted by Gasteiger charge is -2.11. The van der Waals surface area contributed by atoms with Gasteiger partial charge < -0.3 is 15.2 Å². The summed E-state index contributed by atoms with van der Waals surface area (Å²) in [5.74, 6) is -2.95. The van der Waals surface area contributed by atoms with Crippen LogP contribution in [0.15, 0.2) is 103 Å². The monoisotopic (exact) mass is 559 g/mol. The average Bonchev–Trinajstić information content (AvgIpc) is 3.32. The van der Waals surface area contributed by atoms with Crippen molar-refractivity contribution >= 4 is 39.9 Å². The summed E-state index contributed by atoms with van der Waals surface area (Å²) in [7, 11) is 0. The number of carbonyl (C=O) groups excluding carboxylic acids is 3. The van der Waals surface area contributed by atoms with Gasteiger partial charge in [0, 0.05) is 29.3 Å². The molecule has 4 aromatic carbocycles. The van der Waals surface area contributed by atoms with Crippen molar-refractivity contribution in [3.63, 3.8) is 0 Å². The van der Waals surface area contributed by atoms with Gasteiger partial charge in [0.25, 0.3) is 17.6 Å². The molecule has 5 rings (SSSR count). The molecule has 5 aromatic rings. The maximum atomic E-state index is 13.3. The summed E-state index contributed by atoms with van der Waals surface area (Å²) in [5.41, 5.74) is 0.679. The van der Waals surface area contributed by atoms with Gasteiger partial charge in [-0.3, -0.25) is 14.4 Å². The zero-order valence-corrected chi connectivity index (χ0v) is 21.2. The summed E-state index contributed by atoms with van der Waals surface area (Å²) in [6, 6.07) is 22.8. The summed E-state index contributed by atoms with van der Waals surface area (Å²) >= 11 is 0. The van der Waals surface area contributed by atoms with E-state index in [0.717, 1.165) is 12.1 Å². The third-order valence-corrected chi connectivity index (χ3v) is 6.37. The Bertz CT molecular complexity index is 1780. The summed E-state index contributed by atoms with van der Waals surface area (Å²) < 4.78 is 54.4. The molecule has 0 aliphatic rings. The van der Waals surface area contributed by atoms with Gasteiger partial charge in [0.05, 0.1) is 22.4 Å². The molecule has 0 radical (unpaired) electrons. The Morgan fingerprint density at radius 2 is 1.46 bits per heavy atom. The molecule has 0 atom stereocenters. The van der Waals surface area contributed by atoms with Crippen LogP contribution in [0, 0.1) is 5.82 Å². The van der Waals surface area contributed by atoms with Crippen LogP contribution in [0.1, 0.15) is 31.8 Å². The highest BCUT2D eigenvalue weighted by atomic mass is 19.4. The number of aromatic nitrogens is 1. The molecule has 0 fully saturated rings. The van der Waals surface area contributed by atoms with Gasteiger partial charge >= 0.3 is 6.18 Å². The number of benzene rings is 4. The Labute approximate surface area is 231 Å². The number of ketones is 1. The van der Waals surface area contributed by atoms with Gasteiger partial charge in [-0.15, -0.1) is 0 Å². The van der Waals surface area contributed by atoms with Gasteiger partial charge in [0.1, 0.15) is 5.82 Å². The topological polar surface area (TPSA) is 80.2 Å². The molecule has 0 unspecified atom stereocenters. The number of Topliss-reactive ketones (excluding diaryl/α,β-unsaturated/α-hetero) is 1. The smallest absolute Gasteiger partial charge is 0.342 e. The number of hydrogen-bond acceptors (Lipinski definition) is 3. The van der Waals surface area contributed by atoms with Crippen molar-refractivity contribution in [3.05, 3.63) is 131 Å². The second kappa shape index (κ2) is 11.1. The van der Waals surface area contributed by atoms with E-state index >= 15 is 0 Å². The largest absolute Gasteiger partial charge is 0.416 e. The molecule has 6 nitrogen and oxygen atoms in total. The van der Waals surface area contributed by atoms with Crippen LogP contribution >= 0.6 is 0 Å². The normalized spacial score (nSPS) is 11.3. The first-order chi connectivity index (χ1) is 19.6. The number of nitrogens with zero attached hydrogens (tertiary/aromatic N) is 1. The number of anilines is 2. The molecule has 41 heavy (non-hydrogen) atoms. The molecule has 0 bridgehead atoms. The van der Waals surface area contributed by atoms with E-state index in [9.17, 15) is 31.9 Å². The van der Waals surface area contributed by atoms with Crippen LogP contribution in [0.3, 0.4) is 0 Å². The molecule has 2 amide bonds. The highest BCUT2D eigenvalue weighted by molar-refractivity contribution is 6.48. The minimum Gasteiger partial charge on any atom is -0.342 e. The summed E-state index contributed by atoms with van der Waals surface area (Å²) in [5, 5.41) is 5.54. The Morgan fingerprint density at radius 3 is 2.22 bits per heavy atom. The van der Waals surface area contributed by atoms with Gasteiger partial charge in [-0.1, -0.05) is 42.5 Å². The fraction of sp³-hybridized carbons (Fsp3) is 0.0645. The van der Waals surface area contributed by atoms with Crippen molar-refractivity contribution in [1.82, 2.24) is 4.57 Å². The predicted molar refractivity (Wildman–Crippen MR) is 146 cm³/mol. The zero-order chi connectivity index (χ0) is 29.1. The number of nitrogens with one attached hydrogen (secondary N) is 2. The zero-order valence-electron chi connectivity index (χ0n) is 21.2. The molecule has 206 valence electrons. The fourth-order valence-corrected chi connectivity index (χ4v) is 4.42. The minimum absolute atomic E-state index is 0.0335. The van der Waals surface area contributed by atoms with E-state index in [2.05, 4.69) is 10.6 Å². The predicted octanol–water partition coefficient (Wildman–Crippen LogP) is 6.92. The molecule has 0 spiro atoms. The lowest BCUT2D eigenvalue weighted by Crippen LogP contribution is -2.24. The molecule has 1 heterocycles. The van der Waals surface area contributed by atoms with E-state index in [0.29, 0.717) is 22.2 Å². The quantitative estimate of drug-likeness (QED) is 0.129. The van der Waals surface area contributed by atoms with E-state index < -0.39 is 35.2 Å². The SMILES string of the molecule is O=C(Nc1ccccc1C(=O)Nc1ccc(F)cc1)C(=O)c1cn(Cc2cccc(C(F)(F)F)c2)c2ccccc12. The van der Waals surface area contributed by atoms with Crippen molar-refractivity contribution in [2.75, 3.05) is 10.6 Å². The van der Waals surface area contributed by atoms with Crippen LogP contribution in [0.2, 0.25) is 0 Å². The Hall–Kier alpha value is -5.25. The van der Waals surface area contributed by atoms with Crippen molar-refractivity contribution in [1.29, 1.82) is 0 Å². The van der Waals surface area contributed by atoms with Gasteiger partial charge in [-0.05, 0) is 60.2 Å². The van der Waals surface area contributed by atoms with Crippen LogP contribution < -0.4 is 10.6 Å². The molecule has 10 heteroatoms. The second-order valence-corrected chi connectivity index (χ2v) is 9.18. The third-order valence-electron chi connectivity index (χ3n) is 6.37. The van der Waals surface area contributed by atoms with Crippen molar-refractivity contribution in [3.8, 4) is 0 Å². The Kier molecular flexibility index (Phi) is 7.39. The molecular weight excluding hydrogens is 538 g/mol. The van der Waals surface area contributed by atoms with Gasteiger partial charge in [-0.25, -0.2) is 4.39 Å². The lowest BCUT2D eigenvalue weighted by atomic mass is 10.1. The Balaban J connectivity index is 1.39. The van der Waals surface area contributed by atoms with E-state index in [4.69, 9.17) is 0 Å². The highest BCUT2D eigenvalue weighted by Crippen LogP contribution is 2.30. The third kappa shape index (κ3) is 6.01. The summed E-state index contributed by atoms with van der Waals surface area (Å²) in [4.78, 5) is 39.3. The number of carbonyl (C=O) groups is 3. The molecule has 0 saturated heterocycles. The first-order valence-electron chi connectivity index (χ1n) is 12.4. The Morgan fingerprint density at radius 1 is 0.756 bits per heavy atom. The van der Waals surface area contributed by atoms with Crippen molar-refractivity contribution in [2.24, 2.45) is 0 Å². The van der Waals surface area contributed by atoms with E-state index in [1.807, 2.05) is 0 Å². The molecule has 1 aromatic heterocycles. The van der Waals surface area contributed by atoms with Crippen molar-refractivity contribution < 1.29 is 31.9 Å². The number of para-hydroxylation sites is 2. The number of halogens is 4. The fourth-order valence-electron chi connectivity index (χ4n) is 4.42. The van der Waals surface area contributed by atoms with Gasteiger partial charge in [0.15, 0.2) is 0 Å². The summed E-state index contributed by atoms with van der Waals surface area (Å²) in [6.07, 6.45) is -3.07. The van der Waals surface area contributed by atoms with Crippen LogP contribution in [0.5, 0.6) is 0 Å². The molecule has 2 N–H and O–H groups in total. The molecule has 0 aliphatic carbocycles. The lowest BCUT2D eigenvalue weighted by molar-refractivity contribution is -0.137. The number of amides is 2. The maximum Gasteiger partial charge on any atom is 0.416 e. The minimum atomic E-state index is -4.50. The van der Waals surface area contributed by atoms with E-state index in [-0.39, 0.29) is 23.4 Å². The number of hydrogen-bond donors (Lipinski definition) is 2. The van der Waals surface area contributed by atoms with Crippen LogP contribution in [0.4, 0.5) is 28.9 Å². The van der Waals surface area contributed by atoms with E-state index in [1.54, 1.807) is 47.0 Å². The second-order valence-electron chi connectivity index (χ2n) is 9.18. The number of fused-ring (bicyclic) bond motifs is 1.